The van der Waals surface area contributed by atoms with E-state index in [-0.39, 0.29) is 35.8 Å². The third kappa shape index (κ3) is 10.8. The molecule has 0 saturated carbocycles. The predicted molar refractivity (Wildman–Crippen MR) is 161 cm³/mol. The van der Waals surface area contributed by atoms with Crippen molar-refractivity contribution in [2.45, 2.75) is 39.5 Å². The van der Waals surface area contributed by atoms with Crippen molar-refractivity contribution in [1.29, 1.82) is 0 Å². The minimum Gasteiger partial charge on any atom is -0.462 e. The summed E-state index contributed by atoms with van der Waals surface area (Å²) >= 11 is 0. The van der Waals surface area contributed by atoms with Crippen LogP contribution in [0.4, 0.5) is 11.4 Å². The molecular formula is C30H36N2O16. The summed E-state index contributed by atoms with van der Waals surface area (Å²) in [4.78, 5) is 70.4. The third-order valence-corrected chi connectivity index (χ3v) is 6.98. The molecule has 18 nitrogen and oxygen atoms in total. The lowest BCUT2D eigenvalue weighted by molar-refractivity contribution is -0.394. The number of ether oxygens (including phenoxy) is 4. The van der Waals surface area contributed by atoms with E-state index in [0.717, 1.165) is 36.4 Å². The van der Waals surface area contributed by atoms with Gasteiger partial charge in [-0.1, -0.05) is 0 Å². The number of rotatable bonds is 19. The van der Waals surface area contributed by atoms with Crippen LogP contribution in [0.5, 0.6) is 11.5 Å². The summed E-state index contributed by atoms with van der Waals surface area (Å²) in [5.41, 5.74) is -5.20. The molecule has 0 saturated heterocycles. The smallest absolute Gasteiger partial charge is 0.338 e. The first-order chi connectivity index (χ1) is 22.6. The van der Waals surface area contributed by atoms with Crippen molar-refractivity contribution >= 4 is 35.3 Å². The number of aliphatic hydroxyl groups excluding tert-OH is 4. The summed E-state index contributed by atoms with van der Waals surface area (Å²) in [7, 11) is 0. The van der Waals surface area contributed by atoms with Crippen LogP contribution in [0, 0.1) is 31.1 Å². The molecule has 48 heavy (non-hydrogen) atoms. The molecule has 0 fully saturated rings. The highest BCUT2D eigenvalue weighted by molar-refractivity contribution is 5.92. The van der Waals surface area contributed by atoms with Crippen molar-refractivity contribution in [2.75, 3.05) is 39.6 Å². The Labute approximate surface area is 273 Å². The summed E-state index contributed by atoms with van der Waals surface area (Å²) in [6.07, 6.45) is 1.74. The molecule has 0 spiro atoms. The van der Waals surface area contributed by atoms with Crippen molar-refractivity contribution in [1.82, 2.24) is 0 Å². The average molecular weight is 681 g/mol. The SMILES string of the molecule is CC(CO)(CO)C(=O)Oc1cc(OC(=O)C(C)(CO)CO)cc(C(=O)OCCCCCCOC(=O)c2cc([N+](=O)[O-])cc([N+](=O)[O-])c2)c1. The van der Waals surface area contributed by atoms with Gasteiger partial charge in [0.2, 0.25) is 0 Å². The Balaban J connectivity index is 1.97. The molecule has 0 aliphatic rings. The molecule has 4 N–H and O–H groups in total. The molecular weight excluding hydrogens is 644 g/mol. The lowest BCUT2D eigenvalue weighted by Gasteiger charge is -2.23. The minimum absolute atomic E-state index is 0.0741. The molecule has 2 aromatic carbocycles. The van der Waals surface area contributed by atoms with Gasteiger partial charge in [0.1, 0.15) is 22.3 Å². The van der Waals surface area contributed by atoms with Crippen molar-refractivity contribution < 1.29 is 68.4 Å². The van der Waals surface area contributed by atoms with E-state index >= 15 is 0 Å². The van der Waals surface area contributed by atoms with Crippen LogP contribution in [-0.2, 0) is 19.1 Å². The summed E-state index contributed by atoms with van der Waals surface area (Å²) in [5, 5.41) is 60.0. The molecule has 0 aliphatic heterocycles. The molecule has 0 amide bonds. The Morgan fingerprint density at radius 3 is 1.29 bits per heavy atom. The van der Waals surface area contributed by atoms with E-state index in [4.69, 9.17) is 18.9 Å². The number of aliphatic hydroxyl groups is 4. The summed E-state index contributed by atoms with van der Waals surface area (Å²) in [5.74, 6) is -4.57. The molecule has 18 heteroatoms. The Morgan fingerprint density at radius 1 is 0.604 bits per heavy atom. The fraction of sp³-hybridized carbons (Fsp3) is 0.467. The van der Waals surface area contributed by atoms with Crippen LogP contribution < -0.4 is 9.47 Å². The first kappa shape index (κ1) is 39.1. The molecule has 262 valence electrons. The number of benzene rings is 2. The summed E-state index contributed by atoms with van der Waals surface area (Å²) in [6.45, 7) is -0.737. The van der Waals surface area contributed by atoms with Gasteiger partial charge in [-0.25, -0.2) is 9.59 Å². The van der Waals surface area contributed by atoms with Gasteiger partial charge in [0.25, 0.3) is 11.4 Å². The van der Waals surface area contributed by atoms with Gasteiger partial charge in [-0.15, -0.1) is 0 Å². The van der Waals surface area contributed by atoms with Crippen LogP contribution in [0.3, 0.4) is 0 Å². The summed E-state index contributed by atoms with van der Waals surface area (Å²) < 4.78 is 20.7. The first-order valence-electron chi connectivity index (χ1n) is 14.4. The van der Waals surface area contributed by atoms with Crippen molar-refractivity contribution in [3.8, 4) is 11.5 Å². The maximum atomic E-state index is 12.8. The fourth-order valence-electron chi connectivity index (χ4n) is 3.60. The second-order valence-electron chi connectivity index (χ2n) is 11.2. The van der Waals surface area contributed by atoms with Gasteiger partial charge in [0.15, 0.2) is 0 Å². The second-order valence-corrected chi connectivity index (χ2v) is 11.2. The molecule has 0 radical (unpaired) electrons. The Hall–Kier alpha value is -5.04. The van der Waals surface area contributed by atoms with E-state index in [1.165, 1.54) is 13.8 Å². The van der Waals surface area contributed by atoms with Crippen LogP contribution in [0.2, 0.25) is 0 Å². The predicted octanol–water partition coefficient (Wildman–Crippen LogP) is 1.87. The number of carbonyl (C=O) groups is 4. The summed E-state index contributed by atoms with van der Waals surface area (Å²) in [6, 6.07) is 5.76. The number of nitro groups is 2. The number of nitrogens with zero attached hydrogens (tertiary/aromatic N) is 2. The Kier molecular flexibility index (Phi) is 14.5. The molecule has 0 atom stereocenters. The normalized spacial score (nSPS) is 11.4. The van der Waals surface area contributed by atoms with Crippen LogP contribution in [0.25, 0.3) is 0 Å². The average Bonchev–Trinajstić information content (AvgIpc) is 3.07. The Bertz CT molecular complexity index is 1420. The maximum absolute atomic E-state index is 12.8. The topological polar surface area (TPSA) is 272 Å². The van der Waals surface area contributed by atoms with Crippen LogP contribution >= 0.6 is 0 Å². The van der Waals surface area contributed by atoms with Crippen LogP contribution in [-0.4, -0.2) is 93.8 Å². The molecule has 0 aliphatic carbocycles. The van der Waals surface area contributed by atoms with Crippen molar-refractivity contribution in [3.05, 3.63) is 67.8 Å². The lowest BCUT2D eigenvalue weighted by Crippen LogP contribution is -2.39. The fourth-order valence-corrected chi connectivity index (χ4v) is 3.60. The van der Waals surface area contributed by atoms with Crippen molar-refractivity contribution in [3.63, 3.8) is 0 Å². The zero-order valence-electron chi connectivity index (χ0n) is 26.1. The van der Waals surface area contributed by atoms with E-state index in [2.05, 4.69) is 0 Å². The Morgan fingerprint density at radius 2 is 0.958 bits per heavy atom. The highest BCUT2D eigenvalue weighted by Gasteiger charge is 2.36. The van der Waals surface area contributed by atoms with Crippen LogP contribution in [0.15, 0.2) is 36.4 Å². The maximum Gasteiger partial charge on any atom is 0.338 e. The molecule has 0 aromatic heterocycles. The number of carbonyl (C=O) groups excluding carboxylic acids is 4. The van der Waals surface area contributed by atoms with Gasteiger partial charge >= 0.3 is 23.9 Å². The molecule has 0 bridgehead atoms. The third-order valence-electron chi connectivity index (χ3n) is 6.98. The van der Waals surface area contributed by atoms with Gasteiger partial charge in [-0.05, 0) is 51.7 Å². The van der Waals surface area contributed by atoms with Gasteiger partial charge in [-0.3, -0.25) is 29.8 Å². The second kappa shape index (κ2) is 17.8. The number of esters is 4. The van der Waals surface area contributed by atoms with E-state index in [1.54, 1.807) is 0 Å². The number of non-ortho nitro benzene ring substituents is 2. The van der Waals surface area contributed by atoms with E-state index in [0.29, 0.717) is 25.7 Å². The number of hydrogen-bond donors (Lipinski definition) is 4. The zero-order valence-corrected chi connectivity index (χ0v) is 26.1. The van der Waals surface area contributed by atoms with Gasteiger partial charge in [-0.2, -0.15) is 0 Å². The molecule has 2 rings (SSSR count). The number of nitro benzene ring substituents is 2. The monoisotopic (exact) mass is 680 g/mol. The highest BCUT2D eigenvalue weighted by Crippen LogP contribution is 2.29. The van der Waals surface area contributed by atoms with E-state index < -0.39 is 82.4 Å². The van der Waals surface area contributed by atoms with Crippen molar-refractivity contribution in [2.24, 2.45) is 10.8 Å². The quantitative estimate of drug-likeness (QED) is 0.0542. The molecule has 2 aromatic rings. The number of unbranched alkanes of at least 4 members (excludes halogenated alkanes) is 3. The first-order valence-corrected chi connectivity index (χ1v) is 14.4. The van der Waals surface area contributed by atoms with Gasteiger partial charge in [0.05, 0.1) is 66.7 Å². The minimum atomic E-state index is -1.69. The van der Waals surface area contributed by atoms with E-state index in [9.17, 15) is 59.8 Å². The lowest BCUT2D eigenvalue weighted by atomic mass is 9.93. The van der Waals surface area contributed by atoms with E-state index in [1.807, 2.05) is 0 Å². The largest absolute Gasteiger partial charge is 0.462 e. The number of hydrogen-bond acceptors (Lipinski definition) is 16. The molecule has 0 unspecified atom stereocenters. The molecule has 0 heterocycles. The standard InChI is InChI=1S/C30H36N2O16/c1-29(15-33,16-34)27(39)47-23-11-20(12-24(14-23)48-28(40)30(2,17-35)18-36)26(38)46-8-6-4-3-5-7-45-25(37)19-9-21(31(41)42)13-22(10-19)32(43)44/h9-14,33-36H,3-8,15-18H2,1-2H3. The zero-order chi connectivity index (χ0) is 36.1. The van der Waals surface area contributed by atoms with Gasteiger partial charge < -0.3 is 39.4 Å². The van der Waals surface area contributed by atoms with Crippen LogP contribution in [0.1, 0.15) is 60.2 Å². The van der Waals surface area contributed by atoms with Gasteiger partial charge in [0, 0.05) is 18.2 Å². The highest BCUT2D eigenvalue weighted by atomic mass is 16.6.